The Morgan fingerprint density at radius 2 is 1.70 bits per heavy atom. The summed E-state index contributed by atoms with van der Waals surface area (Å²) in [5, 5.41) is 34.9. The van der Waals surface area contributed by atoms with Gasteiger partial charge >= 0.3 is 11.9 Å². The zero-order chi connectivity index (χ0) is 40.9. The summed E-state index contributed by atoms with van der Waals surface area (Å²) in [7, 11) is 3.22. The second-order valence-electron chi connectivity index (χ2n) is 16.0. The lowest BCUT2D eigenvalue weighted by atomic mass is 9.73. The van der Waals surface area contributed by atoms with Crippen LogP contribution in [0.2, 0.25) is 0 Å². The predicted octanol–water partition coefficient (Wildman–Crippen LogP) is 3.84. The number of Topliss-reactive ketones (excluding diaryl/α,β-unsaturated/α-hetero) is 1. The smallest absolute Gasteiger partial charge is 0.312 e. The molecule has 2 aliphatic heterocycles. The number of ketones is 1. The van der Waals surface area contributed by atoms with Crippen molar-refractivity contribution in [3.63, 3.8) is 0 Å². The third kappa shape index (κ3) is 9.88. The largest absolute Gasteiger partial charge is 0.461 e. The molecule has 0 radical (unpaired) electrons. The van der Waals surface area contributed by atoms with Crippen LogP contribution in [0.4, 0.5) is 4.39 Å². The molecule has 0 aliphatic carbocycles. The molecular weight excluding hydrogens is 701 g/mol. The Hall–Kier alpha value is -2.96. The van der Waals surface area contributed by atoms with Crippen molar-refractivity contribution in [1.82, 2.24) is 4.90 Å². The Balaban J connectivity index is 2.24. The third-order valence-corrected chi connectivity index (χ3v) is 11.7. The number of aliphatic hydroxyl groups excluding tert-OH is 2. The quantitative estimate of drug-likeness (QED) is 0.247. The van der Waals surface area contributed by atoms with Crippen LogP contribution in [0.3, 0.4) is 0 Å². The summed E-state index contributed by atoms with van der Waals surface area (Å²) in [5.41, 5.74) is -3.35. The zero-order valence-corrected chi connectivity index (χ0v) is 33.7. The number of carbonyl (C=O) groups is 3. The van der Waals surface area contributed by atoms with Gasteiger partial charge in [-0.2, -0.15) is 0 Å². The molecule has 1 aromatic rings. The van der Waals surface area contributed by atoms with Crippen LogP contribution in [0.15, 0.2) is 24.3 Å². The minimum absolute atomic E-state index is 0.00459. The van der Waals surface area contributed by atoms with Crippen LogP contribution in [-0.2, 0) is 44.5 Å². The number of cyclic esters (lactones) is 1. The van der Waals surface area contributed by atoms with E-state index in [1.165, 1.54) is 46.1 Å². The second-order valence-corrected chi connectivity index (χ2v) is 16.0. The van der Waals surface area contributed by atoms with Gasteiger partial charge in [-0.05, 0) is 72.6 Å². The van der Waals surface area contributed by atoms with Crippen LogP contribution >= 0.6 is 0 Å². The van der Waals surface area contributed by atoms with Crippen LogP contribution in [0, 0.1) is 41.8 Å². The number of methoxy groups -OCH3 is 1. The van der Waals surface area contributed by atoms with E-state index in [4.69, 9.17) is 30.1 Å². The van der Waals surface area contributed by atoms with Crippen LogP contribution in [-0.4, -0.2) is 118 Å². The highest BCUT2D eigenvalue weighted by molar-refractivity contribution is 5.83. The molecular formula is C41H62FNO11. The van der Waals surface area contributed by atoms with E-state index in [1.807, 2.05) is 11.8 Å². The monoisotopic (exact) mass is 763 g/mol. The van der Waals surface area contributed by atoms with E-state index in [9.17, 15) is 34.1 Å². The molecule has 0 unspecified atom stereocenters. The molecule has 13 heteroatoms. The predicted molar refractivity (Wildman–Crippen MR) is 198 cm³/mol. The molecule has 2 saturated heterocycles. The van der Waals surface area contributed by atoms with Gasteiger partial charge in [0.25, 0.3) is 0 Å². The van der Waals surface area contributed by atoms with Gasteiger partial charge in [0.1, 0.15) is 35.5 Å². The number of carbonyl (C=O) groups excluding carboxylic acids is 3. The molecule has 2 fully saturated rings. The lowest BCUT2D eigenvalue weighted by molar-refractivity contribution is -0.358. The standard InChI is InChI=1S/C41H62FNO11/c1-13-19-43(11)30-20-24(4)53-41(10,36(30)47)54-37-26(6)34(52-32(44)21-28-17-15-16-18-29(28)42)27(7)38(48)51-31(14-2)40(9,49)35(46)25(5)33(45)23(3)22-39(37,8)50-12/h1,15-18,23-27,30-31,34-37,46-47,49H,14,19-22H2,2-12H3/t23-,24-,25+,26+,27-,30+,31-,34+,35-,36-,37-,39-,40-,41+/m1/s1. The number of terminal acetylenes is 1. The fourth-order valence-electron chi connectivity index (χ4n) is 8.31. The van der Waals surface area contributed by atoms with E-state index in [1.54, 1.807) is 47.7 Å². The van der Waals surface area contributed by atoms with Gasteiger partial charge in [0.05, 0.1) is 42.8 Å². The molecule has 0 aromatic heterocycles. The number of hydrogen-bond donors (Lipinski definition) is 3. The highest BCUT2D eigenvalue weighted by Crippen LogP contribution is 2.43. The first kappa shape index (κ1) is 45.4. The summed E-state index contributed by atoms with van der Waals surface area (Å²) in [6.07, 6.45) is -1.32. The zero-order valence-electron chi connectivity index (χ0n) is 33.7. The van der Waals surface area contributed by atoms with Gasteiger partial charge in [0, 0.05) is 30.9 Å². The van der Waals surface area contributed by atoms with Crippen molar-refractivity contribution in [3.8, 4) is 12.3 Å². The maximum atomic E-state index is 14.7. The van der Waals surface area contributed by atoms with E-state index in [-0.39, 0.29) is 30.7 Å². The van der Waals surface area contributed by atoms with E-state index in [0.717, 1.165) is 0 Å². The van der Waals surface area contributed by atoms with Gasteiger partial charge < -0.3 is 39.0 Å². The van der Waals surface area contributed by atoms with Crippen molar-refractivity contribution in [2.75, 3.05) is 20.7 Å². The van der Waals surface area contributed by atoms with Crippen LogP contribution < -0.4 is 0 Å². The Morgan fingerprint density at radius 1 is 1.07 bits per heavy atom. The summed E-state index contributed by atoms with van der Waals surface area (Å²) in [6, 6.07) is 5.28. The maximum Gasteiger partial charge on any atom is 0.312 e. The van der Waals surface area contributed by atoms with Gasteiger partial charge in [0.2, 0.25) is 0 Å². The Morgan fingerprint density at radius 3 is 2.28 bits per heavy atom. The molecule has 0 spiro atoms. The number of halogens is 1. The van der Waals surface area contributed by atoms with Crippen LogP contribution in [0.1, 0.15) is 87.1 Å². The number of benzene rings is 1. The average Bonchev–Trinajstić information content (AvgIpc) is 3.12. The molecule has 0 saturated carbocycles. The fraction of sp³-hybridized carbons (Fsp3) is 0.732. The lowest BCUT2D eigenvalue weighted by Gasteiger charge is -2.52. The first-order valence-electron chi connectivity index (χ1n) is 18.9. The van der Waals surface area contributed by atoms with Crippen molar-refractivity contribution in [2.24, 2.45) is 23.7 Å². The molecule has 3 rings (SSSR count). The van der Waals surface area contributed by atoms with Crippen LogP contribution in [0.5, 0.6) is 0 Å². The number of rotatable bonds is 9. The molecule has 304 valence electrons. The van der Waals surface area contributed by atoms with Gasteiger partial charge in [-0.15, -0.1) is 6.42 Å². The van der Waals surface area contributed by atoms with E-state index < -0.39 is 108 Å². The molecule has 12 nitrogen and oxygen atoms in total. The summed E-state index contributed by atoms with van der Waals surface area (Å²) >= 11 is 0. The normalized spacial score (nSPS) is 40.0. The van der Waals surface area contributed by atoms with Crippen molar-refractivity contribution in [1.29, 1.82) is 0 Å². The molecule has 0 bridgehead atoms. The topological polar surface area (TPSA) is 161 Å². The molecule has 0 amide bonds. The first-order valence-corrected chi connectivity index (χ1v) is 18.9. The molecule has 2 aliphatic rings. The van der Waals surface area contributed by atoms with Gasteiger partial charge in [0.15, 0.2) is 5.79 Å². The number of ether oxygens (including phenoxy) is 5. The van der Waals surface area contributed by atoms with E-state index >= 15 is 0 Å². The Labute approximate surface area is 320 Å². The Kier molecular flexibility index (Phi) is 15.4. The van der Waals surface area contributed by atoms with Crippen LogP contribution in [0.25, 0.3) is 0 Å². The number of nitrogens with zero attached hydrogens (tertiary/aromatic N) is 1. The molecule has 14 atom stereocenters. The second kappa shape index (κ2) is 18.3. The number of likely N-dealkylation sites (N-methyl/N-ethyl adjacent to an activating group) is 1. The van der Waals surface area contributed by atoms with Crippen molar-refractivity contribution >= 4 is 17.7 Å². The molecule has 1 aromatic carbocycles. The maximum absolute atomic E-state index is 14.7. The summed E-state index contributed by atoms with van der Waals surface area (Å²) in [4.78, 5) is 43.5. The van der Waals surface area contributed by atoms with Gasteiger partial charge in [-0.25, -0.2) is 4.39 Å². The first-order chi connectivity index (χ1) is 25.1. The minimum atomic E-state index is -2.04. The highest BCUT2D eigenvalue weighted by Gasteiger charge is 2.56. The number of aliphatic hydroxyl groups is 3. The average molecular weight is 764 g/mol. The van der Waals surface area contributed by atoms with Gasteiger partial charge in [-0.1, -0.05) is 51.8 Å². The molecule has 3 N–H and O–H groups in total. The summed E-state index contributed by atoms with van der Waals surface area (Å²) in [5.74, 6) is -5.82. The van der Waals surface area contributed by atoms with E-state index in [2.05, 4.69) is 5.92 Å². The third-order valence-electron chi connectivity index (χ3n) is 11.7. The Bertz CT molecular complexity index is 1500. The minimum Gasteiger partial charge on any atom is -0.461 e. The summed E-state index contributed by atoms with van der Waals surface area (Å²) in [6.45, 7) is 14.7. The molecule has 2 heterocycles. The van der Waals surface area contributed by atoms with Crippen molar-refractivity contribution in [3.05, 3.63) is 35.6 Å². The summed E-state index contributed by atoms with van der Waals surface area (Å²) < 4.78 is 46.1. The lowest BCUT2D eigenvalue weighted by Crippen LogP contribution is -2.65. The number of hydrogen-bond acceptors (Lipinski definition) is 12. The van der Waals surface area contributed by atoms with Crippen molar-refractivity contribution < 1.29 is 57.8 Å². The van der Waals surface area contributed by atoms with Gasteiger partial charge in [-0.3, -0.25) is 19.3 Å². The number of esters is 2. The van der Waals surface area contributed by atoms with Crippen molar-refractivity contribution in [2.45, 2.75) is 148 Å². The van der Waals surface area contributed by atoms with E-state index in [0.29, 0.717) is 6.42 Å². The highest BCUT2D eigenvalue weighted by atomic mass is 19.1. The molecule has 54 heavy (non-hydrogen) atoms. The SMILES string of the molecule is C#CCN(C)[C@H]1C[C@@H](C)O[C@@](C)(O[C@@H]2[C@@H](C)[C@H](OC(=O)Cc3ccccc3F)[C@@H](C)C(=O)O[C@H](CC)[C@@](C)(O)[C@H](O)[C@@H](C)C(=O)[C@H](C)C[C@@]2(C)OC)[C@@H]1O. The fourth-order valence-corrected chi connectivity index (χ4v) is 8.31.